The summed E-state index contributed by atoms with van der Waals surface area (Å²) in [5.74, 6) is 0.171. The average molecular weight is 286 g/mol. The third-order valence-corrected chi connectivity index (χ3v) is 4.29. The topological polar surface area (TPSA) is 27.7 Å². The van der Waals surface area contributed by atoms with Gasteiger partial charge in [0.05, 0.1) is 5.56 Å². The molecule has 0 N–H and O–H groups in total. The van der Waals surface area contributed by atoms with E-state index in [-0.39, 0.29) is 5.75 Å². The number of halogens is 3. The number of rotatable bonds is 4. The fraction of sp³-hybridized carbons (Fsp3) is 0.333. The van der Waals surface area contributed by atoms with Crippen LogP contribution in [0.2, 0.25) is 0 Å². The molecule has 0 saturated heterocycles. The summed E-state index contributed by atoms with van der Waals surface area (Å²) in [6, 6.07) is 4.14. The first-order valence-corrected chi connectivity index (χ1v) is 6.95. The molecular formula is C9H10F3O3PS. The Labute approximate surface area is 102 Å². The molecular weight excluding hydrogens is 276 g/mol. The van der Waals surface area contributed by atoms with Gasteiger partial charge in [0.1, 0.15) is 5.75 Å². The van der Waals surface area contributed by atoms with Gasteiger partial charge in [0, 0.05) is 26.0 Å². The minimum atomic E-state index is -4.37. The second-order valence-electron chi connectivity index (χ2n) is 2.93. The highest BCUT2D eigenvalue weighted by Crippen LogP contribution is 2.48. The minimum Gasteiger partial charge on any atom is -0.424 e. The molecule has 17 heavy (non-hydrogen) atoms. The van der Waals surface area contributed by atoms with E-state index in [1.165, 1.54) is 26.4 Å². The van der Waals surface area contributed by atoms with Crippen molar-refractivity contribution in [1.82, 2.24) is 0 Å². The van der Waals surface area contributed by atoms with Crippen molar-refractivity contribution in [2.24, 2.45) is 0 Å². The summed E-state index contributed by atoms with van der Waals surface area (Å²) >= 11 is 4.91. The molecule has 0 aromatic heterocycles. The molecule has 0 spiro atoms. The predicted molar refractivity (Wildman–Crippen MR) is 60.4 cm³/mol. The first kappa shape index (κ1) is 14.4. The third-order valence-electron chi connectivity index (χ3n) is 1.85. The molecule has 1 rings (SSSR count). The monoisotopic (exact) mass is 286 g/mol. The van der Waals surface area contributed by atoms with Crippen molar-refractivity contribution in [3.8, 4) is 5.75 Å². The van der Waals surface area contributed by atoms with Crippen LogP contribution >= 0.6 is 6.72 Å². The summed E-state index contributed by atoms with van der Waals surface area (Å²) in [5, 5.41) is 0. The molecule has 1 aromatic rings. The Morgan fingerprint density at radius 2 is 1.53 bits per heavy atom. The maximum Gasteiger partial charge on any atom is 0.416 e. The molecule has 0 fully saturated rings. The Morgan fingerprint density at radius 3 is 1.88 bits per heavy atom. The van der Waals surface area contributed by atoms with Gasteiger partial charge in [-0.25, -0.2) is 0 Å². The molecule has 0 aliphatic carbocycles. The van der Waals surface area contributed by atoms with Crippen LogP contribution in [-0.2, 0) is 27.0 Å². The van der Waals surface area contributed by atoms with Crippen molar-refractivity contribution in [2.45, 2.75) is 6.18 Å². The van der Waals surface area contributed by atoms with E-state index in [1.54, 1.807) is 0 Å². The van der Waals surface area contributed by atoms with Crippen LogP contribution in [0.15, 0.2) is 24.3 Å². The zero-order valence-electron chi connectivity index (χ0n) is 9.02. The van der Waals surface area contributed by atoms with E-state index in [0.717, 1.165) is 12.1 Å². The predicted octanol–water partition coefficient (Wildman–Crippen LogP) is 3.60. The third kappa shape index (κ3) is 3.96. The number of hydrogen-bond donors (Lipinski definition) is 0. The minimum absolute atomic E-state index is 0.171. The quantitative estimate of drug-likeness (QED) is 0.790. The van der Waals surface area contributed by atoms with Gasteiger partial charge in [0.2, 0.25) is 0 Å². The number of hydrogen-bond acceptors (Lipinski definition) is 4. The van der Waals surface area contributed by atoms with Crippen molar-refractivity contribution in [2.75, 3.05) is 14.2 Å². The second kappa shape index (κ2) is 5.35. The molecule has 0 atom stereocenters. The van der Waals surface area contributed by atoms with E-state index in [0.29, 0.717) is 0 Å². The van der Waals surface area contributed by atoms with E-state index < -0.39 is 18.5 Å². The normalized spacial score (nSPS) is 12.5. The van der Waals surface area contributed by atoms with Gasteiger partial charge in [-0.3, -0.25) is 0 Å². The summed E-state index contributed by atoms with van der Waals surface area (Å²) in [7, 11) is 2.63. The largest absolute Gasteiger partial charge is 0.424 e. The van der Waals surface area contributed by atoms with Gasteiger partial charge < -0.3 is 13.6 Å². The van der Waals surface area contributed by atoms with E-state index in [9.17, 15) is 13.2 Å². The van der Waals surface area contributed by atoms with Gasteiger partial charge in [0.25, 0.3) is 0 Å². The van der Waals surface area contributed by atoms with Gasteiger partial charge in [-0.2, -0.15) is 13.2 Å². The number of alkyl halides is 3. The summed E-state index contributed by atoms with van der Waals surface area (Å²) in [4.78, 5) is 0. The van der Waals surface area contributed by atoms with Gasteiger partial charge in [-0.05, 0) is 24.3 Å². The maximum absolute atomic E-state index is 12.3. The number of benzene rings is 1. The first-order valence-electron chi connectivity index (χ1n) is 4.39. The van der Waals surface area contributed by atoms with E-state index in [1.807, 2.05) is 0 Å². The molecule has 96 valence electrons. The molecule has 0 saturated carbocycles. The Balaban J connectivity index is 2.86. The maximum atomic E-state index is 12.3. The lowest BCUT2D eigenvalue weighted by Crippen LogP contribution is -2.04. The van der Waals surface area contributed by atoms with Crippen LogP contribution in [0.4, 0.5) is 13.2 Å². The van der Waals surface area contributed by atoms with Gasteiger partial charge in [-0.1, -0.05) is 0 Å². The fourth-order valence-electron chi connectivity index (χ4n) is 0.983. The fourth-order valence-corrected chi connectivity index (χ4v) is 1.92. The lowest BCUT2D eigenvalue weighted by Gasteiger charge is -2.18. The molecule has 0 aliphatic rings. The molecule has 3 nitrogen and oxygen atoms in total. The smallest absolute Gasteiger partial charge is 0.416 e. The Kier molecular flexibility index (Phi) is 4.55. The van der Waals surface area contributed by atoms with Crippen LogP contribution in [-0.4, -0.2) is 14.2 Å². The molecule has 0 unspecified atom stereocenters. The summed E-state index contributed by atoms with van der Waals surface area (Å²) in [5.41, 5.74) is -0.756. The molecule has 0 aliphatic heterocycles. The van der Waals surface area contributed by atoms with Crippen LogP contribution < -0.4 is 4.52 Å². The van der Waals surface area contributed by atoms with Crippen molar-refractivity contribution in [1.29, 1.82) is 0 Å². The first-order chi connectivity index (χ1) is 7.80. The Hall–Kier alpha value is -0.620. The Bertz CT molecular complexity index is 410. The van der Waals surface area contributed by atoms with Crippen molar-refractivity contribution in [3.05, 3.63) is 29.8 Å². The van der Waals surface area contributed by atoms with Crippen molar-refractivity contribution in [3.63, 3.8) is 0 Å². The van der Waals surface area contributed by atoms with Gasteiger partial charge >= 0.3 is 12.9 Å². The highest BCUT2D eigenvalue weighted by molar-refractivity contribution is 8.07. The Morgan fingerprint density at radius 1 is 1.06 bits per heavy atom. The van der Waals surface area contributed by atoms with E-state index in [2.05, 4.69) is 0 Å². The molecule has 0 bridgehead atoms. The van der Waals surface area contributed by atoms with Crippen LogP contribution in [0.3, 0.4) is 0 Å². The summed E-state index contributed by atoms with van der Waals surface area (Å²) in [6.07, 6.45) is -4.37. The molecule has 0 amide bonds. The van der Waals surface area contributed by atoms with Crippen LogP contribution in [0.5, 0.6) is 5.75 Å². The van der Waals surface area contributed by atoms with Crippen molar-refractivity contribution >= 4 is 18.5 Å². The summed E-state index contributed by atoms with van der Waals surface area (Å²) < 4.78 is 51.7. The van der Waals surface area contributed by atoms with Crippen LogP contribution in [0.1, 0.15) is 5.56 Å². The van der Waals surface area contributed by atoms with E-state index >= 15 is 0 Å². The lowest BCUT2D eigenvalue weighted by molar-refractivity contribution is -0.137. The zero-order valence-corrected chi connectivity index (χ0v) is 10.7. The highest BCUT2D eigenvalue weighted by Gasteiger charge is 2.30. The van der Waals surface area contributed by atoms with Crippen LogP contribution in [0.25, 0.3) is 0 Å². The zero-order chi connectivity index (χ0) is 13.1. The summed E-state index contributed by atoms with van der Waals surface area (Å²) in [6.45, 7) is -2.91. The molecule has 1 aromatic carbocycles. The molecule has 0 heterocycles. The standard InChI is InChI=1S/C9H10F3O3PS/c1-13-16(17,14-2)15-8-5-3-7(4-6-8)9(10,11)12/h3-6H,1-2H3. The van der Waals surface area contributed by atoms with Gasteiger partial charge in [0.15, 0.2) is 0 Å². The highest BCUT2D eigenvalue weighted by atomic mass is 32.5. The average Bonchev–Trinajstić information content (AvgIpc) is 2.28. The molecule has 8 heteroatoms. The second-order valence-corrected chi connectivity index (χ2v) is 6.07. The SMILES string of the molecule is COP(=S)(OC)Oc1ccc(C(F)(F)F)cc1. The van der Waals surface area contributed by atoms with Gasteiger partial charge in [-0.15, -0.1) is 0 Å². The van der Waals surface area contributed by atoms with E-state index in [4.69, 9.17) is 25.4 Å². The van der Waals surface area contributed by atoms with Crippen LogP contribution in [0, 0.1) is 0 Å². The molecule has 0 radical (unpaired) electrons. The van der Waals surface area contributed by atoms with Crippen molar-refractivity contribution < 1.29 is 26.7 Å². The lowest BCUT2D eigenvalue weighted by atomic mass is 10.2.